The normalized spacial score (nSPS) is 18.1. The van der Waals surface area contributed by atoms with E-state index in [0.717, 1.165) is 22.6 Å². The molecule has 148 valence electrons. The number of carbonyl (C=O) groups is 1. The number of benzene rings is 2. The van der Waals surface area contributed by atoms with Crippen molar-refractivity contribution in [1.82, 2.24) is 15.1 Å². The molecule has 2 aromatic carbocycles. The summed E-state index contributed by atoms with van der Waals surface area (Å²) in [5, 5.41) is 11.4. The number of piperidine rings is 1. The number of halogens is 1. The van der Waals surface area contributed by atoms with Gasteiger partial charge in [-0.25, -0.2) is 4.79 Å². The van der Waals surface area contributed by atoms with E-state index in [4.69, 9.17) is 16.0 Å². The molecule has 1 N–H and O–H groups in total. The molecule has 6 nitrogen and oxygen atoms in total. The number of hydrogen-bond donors (Lipinski definition) is 1. The van der Waals surface area contributed by atoms with Crippen LogP contribution in [0, 0.1) is 5.92 Å². The Hall–Kier alpha value is -3.12. The van der Waals surface area contributed by atoms with Crippen molar-refractivity contribution in [2.75, 3.05) is 18.4 Å². The molecule has 1 aromatic heterocycles. The van der Waals surface area contributed by atoms with E-state index in [0.29, 0.717) is 19.0 Å². The summed E-state index contributed by atoms with van der Waals surface area (Å²) in [6.07, 6.45) is 3.00. The van der Waals surface area contributed by atoms with Crippen LogP contribution in [0.2, 0.25) is 5.02 Å². The molecular formula is C22H21ClN4O2. The first kappa shape index (κ1) is 19.2. The number of amides is 2. The highest BCUT2D eigenvalue weighted by Crippen LogP contribution is 2.26. The molecule has 1 atom stereocenters. The van der Waals surface area contributed by atoms with Crippen LogP contribution in [0.15, 0.2) is 64.6 Å². The number of anilines is 1. The first-order valence-corrected chi connectivity index (χ1v) is 9.87. The maximum absolute atomic E-state index is 12.6. The highest BCUT2D eigenvalue weighted by molar-refractivity contribution is 6.30. The zero-order valence-electron chi connectivity index (χ0n) is 16.0. The zero-order valence-corrected chi connectivity index (χ0v) is 16.8. The molecule has 0 spiro atoms. The van der Waals surface area contributed by atoms with Crippen LogP contribution in [0.5, 0.6) is 0 Å². The van der Waals surface area contributed by atoms with Crippen molar-refractivity contribution in [3.63, 3.8) is 0 Å². The maximum atomic E-state index is 12.6. The molecule has 2 amide bonds. The van der Waals surface area contributed by atoms with Gasteiger partial charge in [0.15, 0.2) is 0 Å². The van der Waals surface area contributed by atoms with Gasteiger partial charge in [0.05, 0.1) is 0 Å². The second-order valence-electron chi connectivity index (χ2n) is 7.08. The SMILES string of the molecule is CC1CN(C(=O)Nc2nnc(-c3ccccc3)o2)CCC1=Cc1ccc(Cl)cc1. The topological polar surface area (TPSA) is 71.3 Å². The molecule has 29 heavy (non-hydrogen) atoms. The molecule has 1 aliphatic rings. The average molecular weight is 409 g/mol. The first-order valence-electron chi connectivity index (χ1n) is 9.49. The Labute approximate surface area is 174 Å². The van der Waals surface area contributed by atoms with Gasteiger partial charge in [0, 0.05) is 23.7 Å². The van der Waals surface area contributed by atoms with E-state index < -0.39 is 0 Å². The molecule has 1 aliphatic heterocycles. The summed E-state index contributed by atoms with van der Waals surface area (Å²) in [5.74, 6) is 0.633. The molecule has 3 aromatic rings. The summed E-state index contributed by atoms with van der Waals surface area (Å²) in [4.78, 5) is 14.4. The Morgan fingerprint density at radius 3 is 2.66 bits per heavy atom. The van der Waals surface area contributed by atoms with E-state index in [1.807, 2.05) is 54.6 Å². The first-order chi connectivity index (χ1) is 14.1. The van der Waals surface area contributed by atoms with Gasteiger partial charge in [-0.3, -0.25) is 5.32 Å². The quantitative estimate of drug-likeness (QED) is 0.634. The lowest BCUT2D eigenvalue weighted by Gasteiger charge is -2.32. The van der Waals surface area contributed by atoms with E-state index in [2.05, 4.69) is 28.5 Å². The lowest BCUT2D eigenvalue weighted by atomic mass is 9.91. The molecule has 0 saturated carbocycles. The Morgan fingerprint density at radius 1 is 1.17 bits per heavy atom. The second kappa shape index (κ2) is 8.49. The highest BCUT2D eigenvalue weighted by Gasteiger charge is 2.25. The predicted octanol–water partition coefficient (Wildman–Crippen LogP) is 5.35. The van der Waals surface area contributed by atoms with Crippen molar-refractivity contribution >= 4 is 29.7 Å². The fraction of sp³-hybridized carbons (Fsp3) is 0.227. The van der Waals surface area contributed by atoms with E-state index in [-0.39, 0.29) is 18.0 Å². The Kier molecular flexibility index (Phi) is 5.62. The predicted molar refractivity (Wildman–Crippen MR) is 114 cm³/mol. The number of aromatic nitrogens is 2. The van der Waals surface area contributed by atoms with E-state index in [9.17, 15) is 4.79 Å². The van der Waals surface area contributed by atoms with Gasteiger partial charge in [0.25, 0.3) is 0 Å². The largest absolute Gasteiger partial charge is 0.403 e. The van der Waals surface area contributed by atoms with Crippen LogP contribution in [0.4, 0.5) is 10.8 Å². The number of nitrogens with zero attached hydrogens (tertiary/aromatic N) is 3. The van der Waals surface area contributed by atoms with Crippen LogP contribution in [-0.4, -0.2) is 34.2 Å². The molecule has 2 heterocycles. The molecule has 0 bridgehead atoms. The summed E-state index contributed by atoms with van der Waals surface area (Å²) >= 11 is 5.95. The average Bonchev–Trinajstić information content (AvgIpc) is 3.20. The van der Waals surface area contributed by atoms with Gasteiger partial charge >= 0.3 is 12.0 Å². The van der Waals surface area contributed by atoms with Gasteiger partial charge in [-0.2, -0.15) is 0 Å². The fourth-order valence-electron chi connectivity index (χ4n) is 3.36. The van der Waals surface area contributed by atoms with Crippen molar-refractivity contribution in [3.8, 4) is 11.5 Å². The Bertz CT molecular complexity index is 1010. The lowest BCUT2D eigenvalue weighted by molar-refractivity contribution is 0.197. The van der Waals surface area contributed by atoms with Crippen molar-refractivity contribution in [1.29, 1.82) is 0 Å². The molecule has 4 rings (SSSR count). The molecule has 1 fully saturated rings. The number of nitrogens with one attached hydrogen (secondary N) is 1. The third-order valence-electron chi connectivity index (χ3n) is 4.97. The van der Waals surface area contributed by atoms with E-state index in [1.54, 1.807) is 4.90 Å². The van der Waals surface area contributed by atoms with Crippen molar-refractivity contribution < 1.29 is 9.21 Å². The monoisotopic (exact) mass is 408 g/mol. The minimum Gasteiger partial charge on any atom is -0.403 e. The van der Waals surface area contributed by atoms with Crippen LogP contribution in [0.25, 0.3) is 17.5 Å². The molecule has 0 radical (unpaired) electrons. The molecular weight excluding hydrogens is 388 g/mol. The number of rotatable bonds is 3. The van der Waals surface area contributed by atoms with Crippen molar-refractivity contribution in [2.45, 2.75) is 13.3 Å². The van der Waals surface area contributed by atoms with Gasteiger partial charge in [-0.05, 0) is 42.2 Å². The summed E-state index contributed by atoms with van der Waals surface area (Å²) < 4.78 is 5.56. The van der Waals surface area contributed by atoms with Crippen LogP contribution in [-0.2, 0) is 0 Å². The van der Waals surface area contributed by atoms with Gasteiger partial charge in [-0.15, -0.1) is 5.10 Å². The van der Waals surface area contributed by atoms with Crippen LogP contribution in [0.3, 0.4) is 0 Å². The summed E-state index contributed by atoms with van der Waals surface area (Å²) in [6.45, 7) is 3.39. The van der Waals surface area contributed by atoms with Gasteiger partial charge in [0.1, 0.15) is 0 Å². The van der Waals surface area contributed by atoms with Crippen LogP contribution < -0.4 is 5.32 Å². The number of likely N-dealkylation sites (tertiary alicyclic amines) is 1. The van der Waals surface area contributed by atoms with Crippen LogP contribution in [0.1, 0.15) is 18.9 Å². The molecule has 7 heteroatoms. The van der Waals surface area contributed by atoms with Crippen molar-refractivity contribution in [3.05, 3.63) is 70.8 Å². The molecule has 0 aliphatic carbocycles. The third kappa shape index (κ3) is 4.66. The lowest BCUT2D eigenvalue weighted by Crippen LogP contribution is -2.42. The van der Waals surface area contributed by atoms with Gasteiger partial charge in [-0.1, -0.05) is 65.6 Å². The van der Waals surface area contributed by atoms with Gasteiger partial charge in [0.2, 0.25) is 5.89 Å². The summed E-state index contributed by atoms with van der Waals surface area (Å²) in [5.41, 5.74) is 3.25. The van der Waals surface area contributed by atoms with E-state index >= 15 is 0 Å². The molecule has 1 unspecified atom stereocenters. The highest BCUT2D eigenvalue weighted by atomic mass is 35.5. The molecule has 1 saturated heterocycles. The van der Waals surface area contributed by atoms with Gasteiger partial charge < -0.3 is 9.32 Å². The number of urea groups is 1. The Balaban J connectivity index is 1.37. The minimum absolute atomic E-state index is 0.101. The number of carbonyl (C=O) groups excluding carboxylic acids is 1. The summed E-state index contributed by atoms with van der Waals surface area (Å²) in [7, 11) is 0. The van der Waals surface area contributed by atoms with E-state index in [1.165, 1.54) is 5.57 Å². The number of hydrogen-bond acceptors (Lipinski definition) is 4. The van der Waals surface area contributed by atoms with Crippen molar-refractivity contribution in [2.24, 2.45) is 5.92 Å². The fourth-order valence-corrected chi connectivity index (χ4v) is 3.49. The minimum atomic E-state index is -0.231. The smallest absolute Gasteiger partial charge is 0.325 e. The third-order valence-corrected chi connectivity index (χ3v) is 5.22. The standard InChI is InChI=1S/C22H21ClN4O2/c1-15-14-27(12-11-18(15)13-16-7-9-19(23)10-8-16)22(28)24-21-26-25-20(29-21)17-5-3-2-4-6-17/h2-10,13,15H,11-12,14H2,1H3,(H,24,26,28). The maximum Gasteiger partial charge on any atom is 0.325 e. The second-order valence-corrected chi connectivity index (χ2v) is 7.51. The Morgan fingerprint density at radius 2 is 1.93 bits per heavy atom. The zero-order chi connectivity index (χ0) is 20.2. The van der Waals surface area contributed by atoms with Crippen LogP contribution >= 0.6 is 11.6 Å². The summed E-state index contributed by atoms with van der Waals surface area (Å²) in [6, 6.07) is 17.1.